The Hall–Kier alpha value is -1.31. The second-order valence-corrected chi connectivity index (χ2v) is 4.44. The third kappa shape index (κ3) is 4.05. The second-order valence-electron chi connectivity index (χ2n) is 4.44. The topological polar surface area (TPSA) is 29.1 Å². The fraction of sp³-hybridized carbons (Fsp3) is 0.500. The van der Waals surface area contributed by atoms with Crippen molar-refractivity contribution in [3.05, 3.63) is 29.8 Å². The summed E-state index contributed by atoms with van der Waals surface area (Å²) in [6.45, 7) is 5.98. The van der Waals surface area contributed by atoms with Gasteiger partial charge in [-0.05, 0) is 30.5 Å². The Morgan fingerprint density at radius 1 is 1.25 bits per heavy atom. The zero-order valence-electron chi connectivity index (χ0n) is 10.4. The monoisotopic (exact) mass is 219 g/mol. The lowest BCUT2D eigenvalue weighted by atomic mass is 10.1. The molecule has 0 aromatic heterocycles. The van der Waals surface area contributed by atoms with Gasteiger partial charge in [0.25, 0.3) is 0 Å². The molecule has 0 saturated heterocycles. The number of unbranched alkanes of at least 4 members (excludes halogenated alkanes) is 1. The van der Waals surface area contributed by atoms with Crippen molar-refractivity contribution in [3.63, 3.8) is 0 Å². The van der Waals surface area contributed by atoms with Gasteiger partial charge in [-0.3, -0.25) is 4.79 Å². The number of nitrogens with one attached hydrogen (secondary N) is 1. The third-order valence-corrected chi connectivity index (χ3v) is 2.56. The lowest BCUT2D eigenvalue weighted by molar-refractivity contribution is -0.118. The molecule has 0 unspecified atom stereocenters. The van der Waals surface area contributed by atoms with Crippen LogP contribution in [-0.4, -0.2) is 5.91 Å². The predicted octanol–water partition coefficient (Wildman–Crippen LogP) is 3.62. The highest BCUT2D eigenvalue weighted by Gasteiger charge is 2.06. The van der Waals surface area contributed by atoms with E-state index < -0.39 is 0 Å². The highest BCUT2D eigenvalue weighted by Crippen LogP contribution is 2.12. The molecule has 0 heterocycles. The fourth-order valence-corrected chi connectivity index (χ4v) is 1.42. The van der Waals surface area contributed by atoms with Gasteiger partial charge in [0.15, 0.2) is 0 Å². The first kappa shape index (κ1) is 12.8. The lowest BCUT2D eigenvalue weighted by Crippen LogP contribution is -2.17. The van der Waals surface area contributed by atoms with Crippen LogP contribution in [0.3, 0.4) is 0 Å². The fourth-order valence-electron chi connectivity index (χ4n) is 1.42. The van der Waals surface area contributed by atoms with E-state index in [4.69, 9.17) is 0 Å². The Labute approximate surface area is 98.1 Å². The molecule has 1 N–H and O–H groups in total. The molecule has 2 nitrogen and oxygen atoms in total. The molecule has 0 saturated carbocycles. The Morgan fingerprint density at radius 2 is 1.88 bits per heavy atom. The normalized spacial score (nSPS) is 10.5. The number of amides is 1. The number of benzene rings is 1. The molecule has 1 aromatic rings. The smallest absolute Gasteiger partial charge is 0.226 e. The molecule has 0 fully saturated rings. The van der Waals surface area contributed by atoms with Gasteiger partial charge in [-0.25, -0.2) is 0 Å². The Bertz CT molecular complexity index is 327. The van der Waals surface area contributed by atoms with Crippen molar-refractivity contribution in [2.75, 3.05) is 5.32 Å². The van der Waals surface area contributed by atoms with Crippen LogP contribution in [0.2, 0.25) is 0 Å². The summed E-state index contributed by atoms with van der Waals surface area (Å²) in [5, 5.41) is 2.89. The summed E-state index contributed by atoms with van der Waals surface area (Å²) < 4.78 is 0. The second kappa shape index (κ2) is 6.31. The molecule has 0 spiro atoms. The Morgan fingerprint density at radius 3 is 2.38 bits per heavy atom. The van der Waals surface area contributed by atoms with E-state index in [0.29, 0.717) is 0 Å². The van der Waals surface area contributed by atoms with E-state index in [9.17, 15) is 4.79 Å². The number of anilines is 1. The van der Waals surface area contributed by atoms with Crippen molar-refractivity contribution in [2.45, 2.75) is 40.0 Å². The van der Waals surface area contributed by atoms with E-state index in [-0.39, 0.29) is 11.8 Å². The van der Waals surface area contributed by atoms with E-state index in [1.54, 1.807) is 0 Å². The SMILES string of the molecule is CCCCc1ccc(NC(=O)C(C)C)cc1. The molecular weight excluding hydrogens is 198 g/mol. The zero-order valence-corrected chi connectivity index (χ0v) is 10.4. The van der Waals surface area contributed by atoms with E-state index in [1.165, 1.54) is 18.4 Å². The zero-order chi connectivity index (χ0) is 12.0. The minimum absolute atomic E-state index is 0.0276. The van der Waals surface area contributed by atoms with Crippen LogP contribution in [0.5, 0.6) is 0 Å². The molecule has 0 bridgehead atoms. The summed E-state index contributed by atoms with van der Waals surface area (Å²) in [4.78, 5) is 11.5. The molecular formula is C14H21NO. The first-order valence-electron chi connectivity index (χ1n) is 6.03. The Kier molecular flexibility index (Phi) is 5.03. The summed E-state index contributed by atoms with van der Waals surface area (Å²) in [6, 6.07) is 8.13. The highest BCUT2D eigenvalue weighted by atomic mass is 16.1. The van der Waals surface area contributed by atoms with Crippen LogP contribution < -0.4 is 5.32 Å². The van der Waals surface area contributed by atoms with Gasteiger partial charge in [-0.2, -0.15) is 0 Å². The van der Waals surface area contributed by atoms with Gasteiger partial charge in [-0.1, -0.05) is 39.3 Å². The predicted molar refractivity (Wildman–Crippen MR) is 68.5 cm³/mol. The Balaban J connectivity index is 2.54. The molecule has 2 heteroatoms. The molecule has 0 aliphatic carbocycles. The van der Waals surface area contributed by atoms with E-state index in [2.05, 4.69) is 24.4 Å². The van der Waals surface area contributed by atoms with Gasteiger partial charge in [0.05, 0.1) is 0 Å². The third-order valence-electron chi connectivity index (χ3n) is 2.56. The molecule has 1 aromatic carbocycles. The quantitative estimate of drug-likeness (QED) is 0.805. The van der Waals surface area contributed by atoms with Crippen LogP contribution >= 0.6 is 0 Å². The molecule has 0 radical (unpaired) electrons. The van der Waals surface area contributed by atoms with Crippen molar-refractivity contribution in [2.24, 2.45) is 5.92 Å². The number of aryl methyl sites for hydroxylation is 1. The maximum Gasteiger partial charge on any atom is 0.226 e. The molecule has 1 rings (SSSR count). The molecule has 88 valence electrons. The molecule has 0 aliphatic heterocycles. The van der Waals surface area contributed by atoms with Gasteiger partial charge in [0.1, 0.15) is 0 Å². The first-order valence-corrected chi connectivity index (χ1v) is 6.03. The maximum atomic E-state index is 11.5. The van der Waals surface area contributed by atoms with Crippen LogP contribution in [0.15, 0.2) is 24.3 Å². The van der Waals surface area contributed by atoms with Crippen molar-refractivity contribution >= 4 is 11.6 Å². The van der Waals surface area contributed by atoms with Crippen LogP contribution in [0.25, 0.3) is 0 Å². The maximum absolute atomic E-state index is 11.5. The number of carbonyl (C=O) groups excluding carboxylic acids is 1. The lowest BCUT2D eigenvalue weighted by Gasteiger charge is -2.08. The minimum Gasteiger partial charge on any atom is -0.326 e. The van der Waals surface area contributed by atoms with Crippen LogP contribution in [0.1, 0.15) is 39.2 Å². The van der Waals surface area contributed by atoms with Crippen LogP contribution in [0, 0.1) is 5.92 Å². The van der Waals surface area contributed by atoms with Crippen molar-refractivity contribution < 1.29 is 4.79 Å². The first-order chi connectivity index (χ1) is 7.63. The largest absolute Gasteiger partial charge is 0.326 e. The summed E-state index contributed by atoms with van der Waals surface area (Å²) in [7, 11) is 0. The number of hydrogen-bond donors (Lipinski definition) is 1. The molecule has 1 amide bonds. The van der Waals surface area contributed by atoms with E-state index in [1.807, 2.05) is 26.0 Å². The average molecular weight is 219 g/mol. The van der Waals surface area contributed by atoms with Crippen molar-refractivity contribution in [1.29, 1.82) is 0 Å². The number of hydrogen-bond acceptors (Lipinski definition) is 1. The van der Waals surface area contributed by atoms with Crippen molar-refractivity contribution in [1.82, 2.24) is 0 Å². The van der Waals surface area contributed by atoms with Crippen molar-refractivity contribution in [3.8, 4) is 0 Å². The van der Waals surface area contributed by atoms with Gasteiger partial charge in [0.2, 0.25) is 5.91 Å². The van der Waals surface area contributed by atoms with Gasteiger partial charge >= 0.3 is 0 Å². The van der Waals surface area contributed by atoms with Gasteiger partial charge in [0, 0.05) is 11.6 Å². The van der Waals surface area contributed by atoms with E-state index >= 15 is 0 Å². The average Bonchev–Trinajstić information content (AvgIpc) is 2.28. The van der Waals surface area contributed by atoms with Gasteiger partial charge in [-0.15, -0.1) is 0 Å². The highest BCUT2D eigenvalue weighted by molar-refractivity contribution is 5.91. The van der Waals surface area contributed by atoms with Gasteiger partial charge < -0.3 is 5.32 Å². The minimum atomic E-state index is 0.0276. The summed E-state index contributed by atoms with van der Waals surface area (Å²) >= 11 is 0. The summed E-state index contributed by atoms with van der Waals surface area (Å²) in [5.74, 6) is 0.0982. The number of rotatable bonds is 5. The molecule has 0 atom stereocenters. The molecule has 16 heavy (non-hydrogen) atoms. The van der Waals surface area contributed by atoms with Crippen LogP contribution in [0.4, 0.5) is 5.69 Å². The molecule has 0 aliphatic rings. The summed E-state index contributed by atoms with van der Waals surface area (Å²) in [6.07, 6.45) is 3.55. The number of carbonyl (C=O) groups is 1. The van der Waals surface area contributed by atoms with E-state index in [0.717, 1.165) is 12.1 Å². The van der Waals surface area contributed by atoms with Crippen LogP contribution in [-0.2, 0) is 11.2 Å². The summed E-state index contributed by atoms with van der Waals surface area (Å²) in [5.41, 5.74) is 2.23. The standard InChI is InChI=1S/C14H21NO/c1-4-5-6-12-7-9-13(10-8-12)15-14(16)11(2)3/h7-11H,4-6H2,1-3H3,(H,15,16).